The number of rotatable bonds is 9. The fourth-order valence-corrected chi connectivity index (χ4v) is 6.21. The molecule has 1 aromatic heterocycles. The Morgan fingerprint density at radius 1 is 1.19 bits per heavy atom. The first-order valence-corrected chi connectivity index (χ1v) is 13.3. The van der Waals surface area contributed by atoms with Crippen LogP contribution in [0.1, 0.15) is 34.1 Å². The molecule has 2 aromatic rings. The summed E-state index contributed by atoms with van der Waals surface area (Å²) in [5.41, 5.74) is 2.21. The molecule has 0 N–H and O–H groups in total. The molecule has 1 aliphatic rings. The number of aromatic nitrogens is 3. The third-order valence-corrected chi connectivity index (χ3v) is 8.17. The van der Waals surface area contributed by atoms with Crippen molar-refractivity contribution in [1.82, 2.24) is 19.2 Å². The highest BCUT2D eigenvalue weighted by Crippen LogP contribution is 2.24. The zero-order valence-corrected chi connectivity index (χ0v) is 20.9. The average Bonchev–Trinajstić information content (AvgIpc) is 3.22. The van der Waals surface area contributed by atoms with Crippen molar-refractivity contribution < 1.29 is 8.42 Å². The van der Waals surface area contributed by atoms with Gasteiger partial charge < -0.3 is 9.47 Å². The summed E-state index contributed by atoms with van der Waals surface area (Å²) in [4.78, 5) is 4.53. The molecule has 1 saturated heterocycles. The van der Waals surface area contributed by atoms with Gasteiger partial charge in [-0.1, -0.05) is 13.8 Å². The van der Waals surface area contributed by atoms with Crippen LogP contribution < -0.4 is 4.90 Å². The van der Waals surface area contributed by atoms with Crippen LogP contribution in [0.2, 0.25) is 0 Å². The van der Waals surface area contributed by atoms with Crippen LogP contribution in [-0.4, -0.2) is 64.8 Å². The van der Waals surface area contributed by atoms with Gasteiger partial charge in [-0.2, -0.15) is 5.10 Å². The van der Waals surface area contributed by atoms with Crippen LogP contribution in [0.15, 0.2) is 24.3 Å². The molecule has 0 radical (unpaired) electrons. The van der Waals surface area contributed by atoms with E-state index in [1.807, 2.05) is 16.3 Å². The van der Waals surface area contributed by atoms with Gasteiger partial charge in [-0.25, -0.2) is 13.1 Å². The lowest BCUT2D eigenvalue weighted by molar-refractivity contribution is 0.137. The molecule has 0 amide bonds. The fraction of sp³-hybridized carbons (Fsp3) is 0.636. The van der Waals surface area contributed by atoms with E-state index < -0.39 is 9.84 Å². The molecule has 1 atom stereocenters. The Kier molecular flexibility index (Phi) is 7.59. The van der Waals surface area contributed by atoms with Gasteiger partial charge in [0.2, 0.25) is 0 Å². The van der Waals surface area contributed by atoms with Crippen molar-refractivity contribution in [1.29, 1.82) is 0 Å². The molecule has 0 bridgehead atoms. The minimum Gasteiger partial charge on any atom is -0.372 e. The summed E-state index contributed by atoms with van der Waals surface area (Å²) in [5.74, 6) is 1.73. The first-order chi connectivity index (χ1) is 14.6. The van der Waals surface area contributed by atoms with E-state index in [1.165, 1.54) is 5.69 Å². The lowest BCUT2D eigenvalue weighted by Crippen LogP contribution is -2.40. The molecule has 0 spiro atoms. The van der Waals surface area contributed by atoms with E-state index in [-0.39, 0.29) is 17.5 Å². The highest BCUT2D eigenvalue weighted by Gasteiger charge is 2.33. The summed E-state index contributed by atoms with van der Waals surface area (Å²) in [5, 5.41) is 4.82. The second kappa shape index (κ2) is 9.83. The molecule has 1 aliphatic heterocycles. The Morgan fingerprint density at radius 3 is 2.35 bits per heavy atom. The third kappa shape index (κ3) is 5.56. The van der Waals surface area contributed by atoms with Gasteiger partial charge in [0, 0.05) is 44.0 Å². The summed E-state index contributed by atoms with van der Waals surface area (Å²) in [6.45, 7) is 11.9. The van der Waals surface area contributed by atoms with Gasteiger partial charge in [-0.15, -0.1) is 0 Å². The fourth-order valence-electron chi connectivity index (χ4n) is 4.27. The van der Waals surface area contributed by atoms with E-state index in [2.05, 4.69) is 61.8 Å². The molecule has 3 rings (SSSR count). The molecule has 7 nitrogen and oxygen atoms in total. The maximum atomic E-state index is 12.0. The van der Waals surface area contributed by atoms with E-state index in [1.54, 1.807) is 0 Å². The van der Waals surface area contributed by atoms with Crippen molar-refractivity contribution in [2.24, 2.45) is 13.0 Å². The quantitative estimate of drug-likeness (QED) is 0.528. The Balaban J connectivity index is 1.86. The van der Waals surface area contributed by atoms with Gasteiger partial charge >= 0.3 is 0 Å². The van der Waals surface area contributed by atoms with Crippen LogP contribution in [0.3, 0.4) is 0 Å². The van der Waals surface area contributed by atoms with Gasteiger partial charge in [0.25, 0.3) is 0 Å². The zero-order valence-electron chi connectivity index (χ0n) is 19.3. The number of hydrogen-bond donors (Lipinski definition) is 0. The summed E-state index contributed by atoms with van der Waals surface area (Å²) >= 11 is 5.68. The monoisotopic (exact) mass is 465 g/mol. The number of nitrogens with zero attached hydrogens (tertiary/aromatic N) is 5. The van der Waals surface area contributed by atoms with Crippen LogP contribution in [0.5, 0.6) is 0 Å². The van der Waals surface area contributed by atoms with E-state index in [4.69, 9.17) is 17.3 Å². The highest BCUT2D eigenvalue weighted by molar-refractivity contribution is 7.91. The van der Waals surface area contributed by atoms with E-state index in [0.717, 1.165) is 31.0 Å². The Labute approximate surface area is 191 Å². The van der Waals surface area contributed by atoms with Gasteiger partial charge in [-0.05, 0) is 62.7 Å². The average molecular weight is 466 g/mol. The van der Waals surface area contributed by atoms with Crippen LogP contribution in [0.4, 0.5) is 5.69 Å². The van der Waals surface area contributed by atoms with E-state index in [9.17, 15) is 8.42 Å². The standard InChI is InChI=1S/C22H35N5O2S2/c1-6-25(7-2)19-10-8-18(9-11-19)21-23-27(22(30)24(21)5)16-26(14-17(3)4)20-12-13-31(28,29)15-20/h8-11,17,20H,6-7,12-16H2,1-5H3/t20-/m1/s1. The maximum absolute atomic E-state index is 12.0. The van der Waals surface area contributed by atoms with Crippen molar-refractivity contribution >= 4 is 27.7 Å². The van der Waals surface area contributed by atoms with Crippen molar-refractivity contribution in [2.75, 3.05) is 36.0 Å². The smallest absolute Gasteiger partial charge is 0.199 e. The third-order valence-electron chi connectivity index (χ3n) is 5.94. The topological polar surface area (TPSA) is 63.4 Å². The lowest BCUT2D eigenvalue weighted by atomic mass is 10.1. The number of anilines is 1. The van der Waals surface area contributed by atoms with Crippen molar-refractivity contribution in [2.45, 2.75) is 46.8 Å². The molecule has 172 valence electrons. The van der Waals surface area contributed by atoms with Crippen LogP contribution >= 0.6 is 12.2 Å². The van der Waals surface area contributed by atoms with Crippen molar-refractivity contribution in [3.63, 3.8) is 0 Å². The molecular formula is C22H35N5O2S2. The molecule has 9 heteroatoms. The molecule has 0 aliphatic carbocycles. The normalized spacial score (nSPS) is 18.2. The van der Waals surface area contributed by atoms with Crippen LogP contribution in [0, 0.1) is 10.7 Å². The molecule has 0 saturated carbocycles. The lowest BCUT2D eigenvalue weighted by Gasteiger charge is -2.29. The Morgan fingerprint density at radius 2 is 1.84 bits per heavy atom. The van der Waals surface area contributed by atoms with Gasteiger partial charge in [0.15, 0.2) is 20.4 Å². The van der Waals surface area contributed by atoms with Gasteiger partial charge in [0.05, 0.1) is 18.2 Å². The van der Waals surface area contributed by atoms with Crippen LogP contribution in [-0.2, 0) is 23.6 Å². The van der Waals surface area contributed by atoms with Crippen LogP contribution in [0.25, 0.3) is 11.4 Å². The predicted octanol–water partition coefficient (Wildman–Crippen LogP) is 3.57. The first-order valence-electron chi connectivity index (χ1n) is 11.1. The number of hydrogen-bond acceptors (Lipinski definition) is 6. The van der Waals surface area contributed by atoms with E-state index in [0.29, 0.717) is 23.8 Å². The van der Waals surface area contributed by atoms with Crippen molar-refractivity contribution in [3.05, 3.63) is 29.0 Å². The summed E-state index contributed by atoms with van der Waals surface area (Å²) < 4.78 is 28.5. The predicted molar refractivity (Wildman–Crippen MR) is 130 cm³/mol. The maximum Gasteiger partial charge on any atom is 0.199 e. The SMILES string of the molecule is CCN(CC)c1ccc(-c2nn(CN(CC(C)C)[C@@H]3CCS(=O)(=O)C3)c(=S)n2C)cc1. The van der Waals surface area contributed by atoms with Gasteiger partial charge in [0.1, 0.15) is 0 Å². The second-order valence-electron chi connectivity index (χ2n) is 8.75. The molecule has 1 aromatic carbocycles. The molecule has 31 heavy (non-hydrogen) atoms. The summed E-state index contributed by atoms with van der Waals surface area (Å²) in [6, 6.07) is 8.44. The summed E-state index contributed by atoms with van der Waals surface area (Å²) in [7, 11) is -1.01. The number of sulfone groups is 1. The summed E-state index contributed by atoms with van der Waals surface area (Å²) in [6.07, 6.45) is 0.675. The highest BCUT2D eigenvalue weighted by atomic mass is 32.2. The Hall–Kier alpha value is -1.71. The zero-order chi connectivity index (χ0) is 22.8. The molecule has 0 unspecified atom stereocenters. The minimum absolute atomic E-state index is 0.0214. The Bertz CT molecular complexity index is 1040. The molecule has 2 heterocycles. The van der Waals surface area contributed by atoms with Gasteiger partial charge in [-0.3, -0.25) is 4.90 Å². The first kappa shape index (κ1) is 23.9. The molecular weight excluding hydrogens is 430 g/mol. The molecule has 1 fully saturated rings. The number of benzene rings is 1. The largest absolute Gasteiger partial charge is 0.372 e. The minimum atomic E-state index is -2.95. The van der Waals surface area contributed by atoms with Crippen molar-refractivity contribution in [3.8, 4) is 11.4 Å². The second-order valence-corrected chi connectivity index (χ2v) is 11.3. The van der Waals surface area contributed by atoms with E-state index >= 15 is 0 Å².